The summed E-state index contributed by atoms with van der Waals surface area (Å²) in [6.45, 7) is 2.70. The summed E-state index contributed by atoms with van der Waals surface area (Å²) >= 11 is 5.99. The third kappa shape index (κ3) is 2.20. The average Bonchev–Trinajstić information content (AvgIpc) is 2.84. The van der Waals surface area contributed by atoms with Crippen LogP contribution in [0.1, 0.15) is 11.1 Å². The fraction of sp³-hybridized carbons (Fsp3) is 0.214. The highest BCUT2D eigenvalue weighted by molar-refractivity contribution is 6.33. The molecule has 3 aromatic rings. The van der Waals surface area contributed by atoms with E-state index in [0.29, 0.717) is 17.2 Å². The lowest BCUT2D eigenvalue weighted by molar-refractivity contribution is 0.411. The first kappa shape index (κ1) is 12.9. The van der Waals surface area contributed by atoms with Crippen LogP contribution in [0.4, 0.5) is 0 Å². The highest BCUT2D eigenvalue weighted by Gasteiger charge is 2.09. The van der Waals surface area contributed by atoms with E-state index < -0.39 is 0 Å². The van der Waals surface area contributed by atoms with Gasteiger partial charge in [-0.05, 0) is 24.1 Å². The van der Waals surface area contributed by atoms with E-state index in [-0.39, 0.29) is 0 Å². The second kappa shape index (κ2) is 5.09. The van der Waals surface area contributed by atoms with Crippen LogP contribution in [-0.2, 0) is 6.54 Å². The molecule has 0 aliphatic carbocycles. The summed E-state index contributed by atoms with van der Waals surface area (Å²) in [4.78, 5) is 12.4. The van der Waals surface area contributed by atoms with Gasteiger partial charge in [-0.3, -0.25) is 0 Å². The zero-order valence-corrected chi connectivity index (χ0v) is 11.9. The van der Waals surface area contributed by atoms with Crippen molar-refractivity contribution in [3.63, 3.8) is 0 Å². The Morgan fingerprint density at radius 1 is 1.25 bits per heavy atom. The minimum absolute atomic E-state index is 0.375. The van der Waals surface area contributed by atoms with E-state index in [1.165, 1.54) is 6.33 Å². The van der Waals surface area contributed by atoms with Gasteiger partial charge in [0.15, 0.2) is 10.8 Å². The zero-order chi connectivity index (χ0) is 14.1. The van der Waals surface area contributed by atoms with Gasteiger partial charge in [0.05, 0.1) is 20.0 Å². The molecule has 0 atom stereocenters. The van der Waals surface area contributed by atoms with Crippen LogP contribution in [0.15, 0.2) is 30.9 Å². The van der Waals surface area contributed by atoms with Crippen molar-refractivity contribution >= 4 is 22.8 Å². The number of ether oxygens (including phenoxy) is 1. The molecule has 1 aromatic carbocycles. The van der Waals surface area contributed by atoms with E-state index >= 15 is 0 Å². The average molecular weight is 289 g/mol. The summed E-state index contributed by atoms with van der Waals surface area (Å²) in [5.41, 5.74) is 3.61. The lowest BCUT2D eigenvalue weighted by atomic mass is 10.1. The Bertz CT molecular complexity index is 769. The summed E-state index contributed by atoms with van der Waals surface area (Å²) in [6, 6.07) is 6.08. The molecular formula is C14H13ClN4O. The Morgan fingerprint density at radius 2 is 2.10 bits per heavy atom. The third-order valence-electron chi connectivity index (χ3n) is 3.17. The standard InChI is InChI=1S/C14H13ClN4O/c1-9-5-10(3-4-11(9)20-2)6-19-8-18-12-13(15)16-7-17-14(12)19/h3-5,7-8H,6H2,1-2H3. The second-order valence-corrected chi connectivity index (χ2v) is 4.87. The lowest BCUT2D eigenvalue weighted by Gasteiger charge is -2.08. The molecule has 20 heavy (non-hydrogen) atoms. The van der Waals surface area contributed by atoms with E-state index in [1.54, 1.807) is 13.4 Å². The topological polar surface area (TPSA) is 52.8 Å². The van der Waals surface area contributed by atoms with Gasteiger partial charge in [-0.25, -0.2) is 15.0 Å². The summed E-state index contributed by atoms with van der Waals surface area (Å²) in [6.07, 6.45) is 3.17. The molecule has 0 saturated carbocycles. The highest BCUT2D eigenvalue weighted by Crippen LogP contribution is 2.21. The molecule has 0 bridgehead atoms. The number of aromatic nitrogens is 4. The maximum absolute atomic E-state index is 5.99. The molecule has 0 amide bonds. The fourth-order valence-corrected chi connectivity index (χ4v) is 2.38. The Balaban J connectivity index is 1.97. The van der Waals surface area contributed by atoms with Gasteiger partial charge in [0, 0.05) is 0 Å². The molecule has 6 heteroatoms. The number of halogens is 1. The van der Waals surface area contributed by atoms with E-state index in [4.69, 9.17) is 16.3 Å². The Kier molecular flexibility index (Phi) is 3.28. The van der Waals surface area contributed by atoms with Crippen molar-refractivity contribution in [3.05, 3.63) is 47.1 Å². The van der Waals surface area contributed by atoms with Crippen LogP contribution in [-0.4, -0.2) is 26.6 Å². The number of rotatable bonds is 3. The van der Waals surface area contributed by atoms with Crippen LogP contribution < -0.4 is 4.74 Å². The first-order chi connectivity index (χ1) is 9.69. The van der Waals surface area contributed by atoms with Crippen LogP contribution in [0.2, 0.25) is 5.15 Å². The van der Waals surface area contributed by atoms with Crippen molar-refractivity contribution in [2.75, 3.05) is 7.11 Å². The molecule has 0 spiro atoms. The van der Waals surface area contributed by atoms with E-state index in [1.807, 2.05) is 23.6 Å². The number of hydrogen-bond donors (Lipinski definition) is 0. The molecule has 0 aliphatic rings. The van der Waals surface area contributed by atoms with Gasteiger partial charge < -0.3 is 9.30 Å². The summed E-state index contributed by atoms with van der Waals surface area (Å²) in [5, 5.41) is 0.375. The van der Waals surface area contributed by atoms with Gasteiger partial charge in [-0.15, -0.1) is 0 Å². The van der Waals surface area contributed by atoms with Crippen molar-refractivity contribution in [1.82, 2.24) is 19.5 Å². The van der Waals surface area contributed by atoms with E-state index in [0.717, 1.165) is 22.5 Å². The molecule has 0 fully saturated rings. The van der Waals surface area contributed by atoms with Crippen molar-refractivity contribution in [2.24, 2.45) is 0 Å². The number of aryl methyl sites for hydroxylation is 1. The van der Waals surface area contributed by atoms with Crippen molar-refractivity contribution < 1.29 is 4.74 Å². The number of methoxy groups -OCH3 is 1. The zero-order valence-electron chi connectivity index (χ0n) is 11.2. The quantitative estimate of drug-likeness (QED) is 0.696. The van der Waals surface area contributed by atoms with Crippen LogP contribution in [0.3, 0.4) is 0 Å². The summed E-state index contributed by atoms with van der Waals surface area (Å²) < 4.78 is 7.21. The van der Waals surface area contributed by atoms with Crippen LogP contribution >= 0.6 is 11.6 Å². The largest absolute Gasteiger partial charge is 0.496 e. The first-order valence-electron chi connectivity index (χ1n) is 6.14. The van der Waals surface area contributed by atoms with Crippen molar-refractivity contribution in [1.29, 1.82) is 0 Å². The highest BCUT2D eigenvalue weighted by atomic mass is 35.5. The van der Waals surface area contributed by atoms with Gasteiger partial charge in [-0.1, -0.05) is 23.7 Å². The van der Waals surface area contributed by atoms with Gasteiger partial charge in [0.2, 0.25) is 0 Å². The molecule has 0 aliphatic heterocycles. The van der Waals surface area contributed by atoms with Gasteiger partial charge >= 0.3 is 0 Å². The maximum Gasteiger partial charge on any atom is 0.165 e. The number of fused-ring (bicyclic) bond motifs is 1. The van der Waals surface area contributed by atoms with Gasteiger partial charge in [0.1, 0.15) is 17.6 Å². The molecular weight excluding hydrogens is 276 g/mol. The number of benzene rings is 1. The van der Waals surface area contributed by atoms with Crippen LogP contribution in [0, 0.1) is 6.92 Å². The Labute approximate surface area is 121 Å². The summed E-state index contributed by atoms with van der Waals surface area (Å²) in [7, 11) is 1.67. The molecule has 0 N–H and O–H groups in total. The number of nitrogens with zero attached hydrogens (tertiary/aromatic N) is 4. The lowest BCUT2D eigenvalue weighted by Crippen LogP contribution is -2.00. The third-order valence-corrected chi connectivity index (χ3v) is 3.45. The minimum atomic E-state index is 0.375. The predicted octanol–water partition coefficient (Wildman–Crippen LogP) is 2.85. The van der Waals surface area contributed by atoms with Crippen LogP contribution in [0.25, 0.3) is 11.2 Å². The van der Waals surface area contributed by atoms with Crippen LogP contribution in [0.5, 0.6) is 5.75 Å². The fourth-order valence-electron chi connectivity index (χ4n) is 2.20. The smallest absolute Gasteiger partial charge is 0.165 e. The molecule has 5 nitrogen and oxygen atoms in total. The molecule has 0 unspecified atom stereocenters. The van der Waals surface area contributed by atoms with Gasteiger partial charge in [0.25, 0.3) is 0 Å². The number of hydrogen-bond acceptors (Lipinski definition) is 4. The molecule has 2 aromatic heterocycles. The monoisotopic (exact) mass is 288 g/mol. The van der Waals surface area contributed by atoms with Crippen molar-refractivity contribution in [2.45, 2.75) is 13.5 Å². The predicted molar refractivity (Wildman–Crippen MR) is 77.2 cm³/mol. The summed E-state index contributed by atoms with van der Waals surface area (Å²) in [5.74, 6) is 0.884. The minimum Gasteiger partial charge on any atom is -0.496 e. The normalized spacial score (nSPS) is 10.9. The molecule has 102 valence electrons. The van der Waals surface area contributed by atoms with E-state index in [9.17, 15) is 0 Å². The molecule has 2 heterocycles. The van der Waals surface area contributed by atoms with E-state index in [2.05, 4.69) is 21.0 Å². The van der Waals surface area contributed by atoms with Crippen molar-refractivity contribution in [3.8, 4) is 5.75 Å². The Hall–Kier alpha value is -2.14. The molecule has 3 rings (SSSR count). The molecule has 0 radical (unpaired) electrons. The molecule has 0 saturated heterocycles. The Morgan fingerprint density at radius 3 is 2.85 bits per heavy atom. The van der Waals surface area contributed by atoms with Gasteiger partial charge in [-0.2, -0.15) is 0 Å². The second-order valence-electron chi connectivity index (χ2n) is 4.51. The SMILES string of the molecule is COc1ccc(Cn2cnc3c(Cl)ncnc32)cc1C. The first-order valence-corrected chi connectivity index (χ1v) is 6.51. The maximum atomic E-state index is 5.99. The number of imidazole rings is 1.